The minimum Gasteiger partial charge on any atom is -0.388 e. The van der Waals surface area contributed by atoms with Crippen LogP contribution in [-0.4, -0.2) is 52.6 Å². The second-order valence-corrected chi connectivity index (χ2v) is 6.97. The van der Waals surface area contributed by atoms with Gasteiger partial charge in [-0.05, 0) is 12.5 Å². The predicted octanol–water partition coefficient (Wildman–Crippen LogP) is 6.69. The van der Waals surface area contributed by atoms with Crippen LogP contribution in [0.2, 0.25) is 0 Å². The van der Waals surface area contributed by atoms with Gasteiger partial charge in [-0.15, -0.1) is 0 Å². The highest BCUT2D eigenvalue weighted by Crippen LogP contribution is 2.63. The van der Waals surface area contributed by atoms with Crippen LogP contribution in [-0.2, 0) is 0 Å². The fourth-order valence-corrected chi connectivity index (χ4v) is 2.43. The lowest BCUT2D eigenvalue weighted by Crippen LogP contribution is -2.72. The molecule has 1 aromatic carbocycles. The molecule has 0 aliphatic carbocycles. The molecule has 0 bridgehead atoms. The molecular weight excluding hydrogens is 521 g/mol. The molecular formula is C17H11F15O2. The summed E-state index contributed by atoms with van der Waals surface area (Å²) in [6, 6.07) is 2.94. The quantitative estimate of drug-likeness (QED) is 0.285. The van der Waals surface area contributed by atoms with Crippen LogP contribution < -0.4 is 0 Å². The molecule has 0 saturated heterocycles. The number of aliphatic hydroxyl groups is 1. The minimum absolute atomic E-state index is 0.118. The van der Waals surface area contributed by atoms with E-state index < -0.39 is 65.6 Å². The molecule has 0 aromatic heterocycles. The first-order valence-corrected chi connectivity index (χ1v) is 8.42. The minimum atomic E-state index is -8.37. The van der Waals surface area contributed by atoms with Gasteiger partial charge in [-0.1, -0.05) is 24.3 Å². The molecule has 2 nitrogen and oxygen atoms in total. The van der Waals surface area contributed by atoms with E-state index in [2.05, 4.69) is 0 Å². The van der Waals surface area contributed by atoms with E-state index in [9.17, 15) is 75.8 Å². The number of halogens is 15. The predicted molar refractivity (Wildman–Crippen MR) is 81.8 cm³/mol. The van der Waals surface area contributed by atoms with Gasteiger partial charge in [-0.25, -0.2) is 0 Å². The standard InChI is InChI=1S/C17H11F15O2/c1-7(33)8-2-4-9(5-3-8)10(34)6-11(18,19)12(20,21)13(22,23)14(24,25)15(26,27)16(28,29)17(30,31)32/h2-5,10,34H,6H2,1H3. The second-order valence-electron chi connectivity index (χ2n) is 6.97. The lowest BCUT2D eigenvalue weighted by atomic mass is 9.88. The Morgan fingerprint density at radius 2 is 1.03 bits per heavy atom. The van der Waals surface area contributed by atoms with Crippen molar-refractivity contribution in [3.8, 4) is 0 Å². The van der Waals surface area contributed by atoms with E-state index in [0.717, 1.165) is 19.1 Å². The first-order chi connectivity index (χ1) is 14.8. The van der Waals surface area contributed by atoms with E-state index >= 15 is 0 Å². The molecule has 17 heteroatoms. The van der Waals surface area contributed by atoms with Crippen LogP contribution in [0.15, 0.2) is 24.3 Å². The molecule has 1 unspecified atom stereocenters. The van der Waals surface area contributed by atoms with Crippen molar-refractivity contribution < 1.29 is 75.8 Å². The molecule has 0 radical (unpaired) electrons. The summed E-state index contributed by atoms with van der Waals surface area (Å²) in [5, 5.41) is 9.57. The molecule has 34 heavy (non-hydrogen) atoms. The van der Waals surface area contributed by atoms with Gasteiger partial charge in [-0.2, -0.15) is 65.9 Å². The highest BCUT2D eigenvalue weighted by Gasteiger charge is 2.93. The van der Waals surface area contributed by atoms with Crippen molar-refractivity contribution in [3.63, 3.8) is 0 Å². The molecule has 1 rings (SSSR count). The molecule has 0 amide bonds. The summed E-state index contributed by atoms with van der Waals surface area (Å²) in [6.07, 6.45) is -13.5. The van der Waals surface area contributed by atoms with Crippen molar-refractivity contribution in [3.05, 3.63) is 35.4 Å². The monoisotopic (exact) mass is 532 g/mol. The normalized spacial score (nSPS) is 15.9. The van der Waals surface area contributed by atoms with E-state index in [1.165, 1.54) is 0 Å². The fourth-order valence-electron chi connectivity index (χ4n) is 2.43. The summed E-state index contributed by atoms with van der Waals surface area (Å²) in [5.41, 5.74) is -0.906. The maximum Gasteiger partial charge on any atom is 0.460 e. The Morgan fingerprint density at radius 1 is 0.676 bits per heavy atom. The lowest BCUT2D eigenvalue weighted by molar-refractivity contribution is -0.453. The molecule has 0 aliphatic heterocycles. The van der Waals surface area contributed by atoms with E-state index in [1.54, 1.807) is 0 Å². The lowest BCUT2D eigenvalue weighted by Gasteiger charge is -2.41. The molecule has 1 atom stereocenters. The van der Waals surface area contributed by atoms with Crippen molar-refractivity contribution >= 4 is 5.78 Å². The Balaban J connectivity index is 3.41. The maximum absolute atomic E-state index is 13.9. The van der Waals surface area contributed by atoms with Gasteiger partial charge in [0.25, 0.3) is 0 Å². The van der Waals surface area contributed by atoms with Gasteiger partial charge >= 0.3 is 41.7 Å². The smallest absolute Gasteiger partial charge is 0.388 e. The molecule has 0 spiro atoms. The van der Waals surface area contributed by atoms with Crippen molar-refractivity contribution in [1.29, 1.82) is 0 Å². The zero-order valence-corrected chi connectivity index (χ0v) is 16.1. The number of hydrogen-bond acceptors (Lipinski definition) is 2. The summed E-state index contributed by atoms with van der Waals surface area (Å²) in [7, 11) is 0. The van der Waals surface area contributed by atoms with Crippen LogP contribution in [0.25, 0.3) is 0 Å². The van der Waals surface area contributed by atoms with Crippen LogP contribution in [0.5, 0.6) is 0 Å². The SMILES string of the molecule is CC(=O)c1ccc(C(O)CC(F)(F)C(F)(F)C(F)(F)C(F)(F)C(F)(F)C(F)(F)C(F)(F)F)cc1. The second kappa shape index (κ2) is 8.48. The average Bonchev–Trinajstić information content (AvgIpc) is 2.65. The number of hydrogen-bond donors (Lipinski definition) is 1. The molecule has 1 N–H and O–H groups in total. The summed E-state index contributed by atoms with van der Waals surface area (Å²) in [5.74, 6) is -47.8. The van der Waals surface area contributed by atoms with Crippen LogP contribution in [0.3, 0.4) is 0 Å². The topological polar surface area (TPSA) is 37.3 Å². The Labute approximate surface area is 179 Å². The first kappa shape index (κ1) is 29.8. The third kappa shape index (κ3) is 4.42. The van der Waals surface area contributed by atoms with Crippen molar-refractivity contribution in [2.45, 2.75) is 61.2 Å². The summed E-state index contributed by atoms with van der Waals surface area (Å²) < 4.78 is 197. The third-order valence-corrected chi connectivity index (χ3v) is 4.54. The molecule has 0 aliphatic rings. The van der Waals surface area contributed by atoms with E-state index in [0.29, 0.717) is 12.1 Å². The fraction of sp³-hybridized carbons (Fsp3) is 0.588. The molecule has 0 fully saturated rings. The Bertz CT molecular complexity index is 887. The summed E-state index contributed by atoms with van der Waals surface area (Å²) in [6.45, 7) is 1.01. The molecule has 1 aromatic rings. The van der Waals surface area contributed by atoms with Gasteiger partial charge in [0.1, 0.15) is 0 Å². The first-order valence-electron chi connectivity index (χ1n) is 8.42. The summed E-state index contributed by atoms with van der Waals surface area (Å²) in [4.78, 5) is 11.1. The van der Waals surface area contributed by atoms with Crippen LogP contribution in [0.4, 0.5) is 65.9 Å². The number of benzene rings is 1. The van der Waals surface area contributed by atoms with E-state index in [1.807, 2.05) is 0 Å². The Hall–Kier alpha value is -2.20. The van der Waals surface area contributed by atoms with Crippen molar-refractivity contribution in [1.82, 2.24) is 0 Å². The van der Waals surface area contributed by atoms with Crippen molar-refractivity contribution in [2.75, 3.05) is 0 Å². The largest absolute Gasteiger partial charge is 0.460 e. The van der Waals surface area contributed by atoms with Gasteiger partial charge in [0.15, 0.2) is 5.78 Å². The van der Waals surface area contributed by atoms with Gasteiger partial charge in [0, 0.05) is 12.0 Å². The third-order valence-electron chi connectivity index (χ3n) is 4.54. The number of carbonyl (C=O) groups is 1. The number of ketones is 1. The average molecular weight is 532 g/mol. The number of alkyl halides is 15. The number of rotatable bonds is 9. The van der Waals surface area contributed by atoms with Crippen LogP contribution >= 0.6 is 0 Å². The van der Waals surface area contributed by atoms with Gasteiger partial charge in [0.2, 0.25) is 0 Å². The van der Waals surface area contributed by atoms with Crippen LogP contribution in [0.1, 0.15) is 35.4 Å². The van der Waals surface area contributed by atoms with Crippen LogP contribution in [0, 0.1) is 0 Å². The summed E-state index contributed by atoms with van der Waals surface area (Å²) >= 11 is 0. The van der Waals surface area contributed by atoms with E-state index in [4.69, 9.17) is 0 Å². The highest BCUT2D eigenvalue weighted by atomic mass is 19.4. The molecule has 196 valence electrons. The van der Waals surface area contributed by atoms with Gasteiger partial charge < -0.3 is 5.11 Å². The number of aliphatic hydroxyl groups excluding tert-OH is 1. The Morgan fingerprint density at radius 3 is 1.38 bits per heavy atom. The van der Waals surface area contributed by atoms with E-state index in [-0.39, 0.29) is 5.56 Å². The van der Waals surface area contributed by atoms with Gasteiger partial charge in [0.05, 0.1) is 6.10 Å². The maximum atomic E-state index is 13.9. The highest BCUT2D eigenvalue weighted by molar-refractivity contribution is 5.94. The van der Waals surface area contributed by atoms with Gasteiger partial charge in [-0.3, -0.25) is 4.79 Å². The van der Waals surface area contributed by atoms with Crippen molar-refractivity contribution in [2.24, 2.45) is 0 Å². The molecule has 0 heterocycles. The number of Topliss-reactive ketones (excluding diaryl/α,β-unsaturated/α-hetero) is 1. The Kier molecular flexibility index (Phi) is 7.44. The molecule has 0 saturated carbocycles. The number of carbonyl (C=O) groups excluding carboxylic acids is 1. The zero-order chi connectivity index (χ0) is 27.3. The zero-order valence-electron chi connectivity index (χ0n) is 16.1.